The van der Waals surface area contributed by atoms with E-state index in [0.29, 0.717) is 19.8 Å². The predicted molar refractivity (Wildman–Crippen MR) is 118 cm³/mol. The third-order valence-electron chi connectivity index (χ3n) is 5.98. The SMILES string of the molecule is CCC[C@@H](NC(=O)CN1CCC[C@H]1c1ccc2c(c1)OCCCO2)c1ccccc1. The Morgan fingerprint density at radius 2 is 1.90 bits per heavy atom. The lowest BCUT2D eigenvalue weighted by molar-refractivity contribution is -0.123. The van der Waals surface area contributed by atoms with Crippen molar-refractivity contribution >= 4 is 5.91 Å². The van der Waals surface area contributed by atoms with Crippen LogP contribution < -0.4 is 14.8 Å². The van der Waals surface area contributed by atoms with Gasteiger partial charge in [-0.15, -0.1) is 0 Å². The van der Waals surface area contributed by atoms with Gasteiger partial charge in [-0.05, 0) is 49.1 Å². The van der Waals surface area contributed by atoms with Crippen LogP contribution in [0.5, 0.6) is 11.5 Å². The van der Waals surface area contributed by atoms with Crippen molar-refractivity contribution in [3.05, 3.63) is 59.7 Å². The van der Waals surface area contributed by atoms with Crippen molar-refractivity contribution in [2.45, 2.75) is 51.1 Å². The van der Waals surface area contributed by atoms with Gasteiger partial charge >= 0.3 is 0 Å². The molecule has 2 atom stereocenters. The second-order valence-corrected chi connectivity index (χ2v) is 8.20. The van der Waals surface area contributed by atoms with Gasteiger partial charge < -0.3 is 14.8 Å². The zero-order valence-corrected chi connectivity index (χ0v) is 17.8. The van der Waals surface area contributed by atoms with Crippen LogP contribution in [0.25, 0.3) is 0 Å². The zero-order valence-electron chi connectivity index (χ0n) is 17.8. The Kier molecular flexibility index (Phi) is 6.90. The Morgan fingerprint density at radius 3 is 2.70 bits per heavy atom. The van der Waals surface area contributed by atoms with Gasteiger partial charge in [-0.3, -0.25) is 9.69 Å². The average molecular weight is 409 g/mol. The molecular weight excluding hydrogens is 376 g/mol. The molecule has 0 spiro atoms. The number of benzene rings is 2. The number of carbonyl (C=O) groups is 1. The fourth-order valence-electron chi connectivity index (χ4n) is 4.50. The average Bonchev–Trinajstić information content (AvgIpc) is 3.09. The molecule has 0 aromatic heterocycles. The first-order chi connectivity index (χ1) is 14.7. The molecule has 0 saturated carbocycles. The quantitative estimate of drug-likeness (QED) is 0.725. The van der Waals surface area contributed by atoms with E-state index in [-0.39, 0.29) is 18.0 Å². The molecule has 1 saturated heterocycles. The maximum Gasteiger partial charge on any atom is 0.234 e. The van der Waals surface area contributed by atoms with E-state index >= 15 is 0 Å². The van der Waals surface area contributed by atoms with E-state index in [0.717, 1.165) is 50.1 Å². The summed E-state index contributed by atoms with van der Waals surface area (Å²) < 4.78 is 11.6. The van der Waals surface area contributed by atoms with Crippen molar-refractivity contribution in [2.75, 3.05) is 26.3 Å². The van der Waals surface area contributed by atoms with E-state index in [1.807, 2.05) is 24.3 Å². The van der Waals surface area contributed by atoms with Gasteiger partial charge in [-0.2, -0.15) is 0 Å². The molecule has 4 rings (SSSR count). The summed E-state index contributed by atoms with van der Waals surface area (Å²) in [5, 5.41) is 3.27. The first kappa shape index (κ1) is 20.7. The van der Waals surface area contributed by atoms with Crippen LogP contribution in [0.1, 0.15) is 62.2 Å². The molecule has 2 aromatic carbocycles. The molecule has 2 aliphatic heterocycles. The lowest BCUT2D eigenvalue weighted by Gasteiger charge is -2.26. The van der Waals surface area contributed by atoms with Crippen LogP contribution in [-0.4, -0.2) is 37.1 Å². The molecule has 5 heteroatoms. The largest absolute Gasteiger partial charge is 0.490 e. The van der Waals surface area contributed by atoms with E-state index in [1.165, 1.54) is 11.1 Å². The highest BCUT2D eigenvalue weighted by atomic mass is 16.5. The molecule has 1 fully saturated rings. The summed E-state index contributed by atoms with van der Waals surface area (Å²) in [6.45, 7) is 4.90. The smallest absolute Gasteiger partial charge is 0.234 e. The number of amides is 1. The van der Waals surface area contributed by atoms with Gasteiger partial charge in [0.2, 0.25) is 5.91 Å². The van der Waals surface area contributed by atoms with Gasteiger partial charge in [-0.25, -0.2) is 0 Å². The topological polar surface area (TPSA) is 50.8 Å². The van der Waals surface area contributed by atoms with Crippen LogP contribution in [0.3, 0.4) is 0 Å². The minimum atomic E-state index is 0.0720. The standard InChI is InChI=1S/C25H32N2O3/c1-2-8-21(19-9-4-3-5-10-19)26-25(28)18-27-14-6-11-22(27)20-12-13-23-24(17-20)30-16-7-15-29-23/h3-5,9-10,12-13,17,21-22H,2,6-8,11,14-16,18H2,1H3,(H,26,28)/t21-,22+/m1/s1. The highest BCUT2D eigenvalue weighted by Crippen LogP contribution is 2.37. The van der Waals surface area contributed by atoms with Crippen LogP contribution in [0, 0.1) is 0 Å². The van der Waals surface area contributed by atoms with E-state index in [2.05, 4.69) is 41.4 Å². The Hall–Kier alpha value is -2.53. The van der Waals surface area contributed by atoms with Gasteiger partial charge in [0.25, 0.3) is 0 Å². The maximum absolute atomic E-state index is 12.9. The monoisotopic (exact) mass is 408 g/mol. The number of rotatable bonds is 7. The van der Waals surface area contributed by atoms with Crippen molar-refractivity contribution in [3.8, 4) is 11.5 Å². The first-order valence-corrected chi connectivity index (χ1v) is 11.2. The Morgan fingerprint density at radius 1 is 1.10 bits per heavy atom. The van der Waals surface area contributed by atoms with Gasteiger partial charge in [-0.1, -0.05) is 49.7 Å². The van der Waals surface area contributed by atoms with Crippen molar-refractivity contribution < 1.29 is 14.3 Å². The van der Waals surface area contributed by atoms with E-state index < -0.39 is 0 Å². The minimum absolute atomic E-state index is 0.0720. The molecule has 0 unspecified atom stereocenters. The second kappa shape index (κ2) is 9.98. The van der Waals surface area contributed by atoms with Gasteiger partial charge in [0.15, 0.2) is 11.5 Å². The van der Waals surface area contributed by atoms with Gasteiger partial charge in [0.1, 0.15) is 0 Å². The molecule has 5 nitrogen and oxygen atoms in total. The minimum Gasteiger partial charge on any atom is -0.490 e. The number of fused-ring (bicyclic) bond motifs is 1. The molecule has 0 radical (unpaired) electrons. The normalized spacial score (nSPS) is 19.8. The number of nitrogens with one attached hydrogen (secondary N) is 1. The van der Waals surface area contributed by atoms with Crippen LogP contribution in [0.2, 0.25) is 0 Å². The van der Waals surface area contributed by atoms with Crippen molar-refractivity contribution in [2.24, 2.45) is 0 Å². The molecule has 2 aromatic rings. The van der Waals surface area contributed by atoms with Gasteiger partial charge in [0, 0.05) is 12.5 Å². The third-order valence-corrected chi connectivity index (χ3v) is 5.98. The Balaban J connectivity index is 1.42. The van der Waals surface area contributed by atoms with E-state index in [1.54, 1.807) is 0 Å². The van der Waals surface area contributed by atoms with Crippen LogP contribution in [0.4, 0.5) is 0 Å². The fraction of sp³-hybridized carbons (Fsp3) is 0.480. The third kappa shape index (κ3) is 4.96. The number of hydrogen-bond donors (Lipinski definition) is 1. The van der Waals surface area contributed by atoms with Crippen LogP contribution in [-0.2, 0) is 4.79 Å². The molecule has 30 heavy (non-hydrogen) atoms. The predicted octanol–water partition coefficient (Wildman–Crippen LogP) is 4.64. The number of nitrogens with zero attached hydrogens (tertiary/aromatic N) is 1. The lowest BCUT2D eigenvalue weighted by Crippen LogP contribution is -2.38. The molecule has 2 aliphatic rings. The Labute approximate surface area is 179 Å². The highest BCUT2D eigenvalue weighted by Gasteiger charge is 2.29. The number of ether oxygens (including phenoxy) is 2. The van der Waals surface area contributed by atoms with E-state index in [9.17, 15) is 4.79 Å². The number of carbonyl (C=O) groups excluding carboxylic acids is 1. The Bertz CT molecular complexity index is 840. The summed E-state index contributed by atoms with van der Waals surface area (Å²) in [6, 6.07) is 16.8. The van der Waals surface area contributed by atoms with Crippen molar-refractivity contribution in [1.29, 1.82) is 0 Å². The molecular formula is C25H32N2O3. The van der Waals surface area contributed by atoms with Crippen molar-refractivity contribution in [3.63, 3.8) is 0 Å². The summed E-state index contributed by atoms with van der Waals surface area (Å²) in [7, 11) is 0. The lowest BCUT2D eigenvalue weighted by atomic mass is 10.0. The molecule has 0 bridgehead atoms. The van der Waals surface area contributed by atoms with Crippen molar-refractivity contribution in [1.82, 2.24) is 10.2 Å². The molecule has 1 amide bonds. The number of hydrogen-bond acceptors (Lipinski definition) is 4. The molecule has 0 aliphatic carbocycles. The summed E-state index contributed by atoms with van der Waals surface area (Å²) in [5.74, 6) is 1.75. The highest BCUT2D eigenvalue weighted by molar-refractivity contribution is 5.78. The summed E-state index contributed by atoms with van der Waals surface area (Å²) in [6.07, 6.45) is 5.04. The molecule has 2 heterocycles. The van der Waals surface area contributed by atoms with E-state index in [4.69, 9.17) is 9.47 Å². The van der Waals surface area contributed by atoms with Crippen LogP contribution >= 0.6 is 0 Å². The maximum atomic E-state index is 12.9. The first-order valence-electron chi connectivity index (χ1n) is 11.2. The molecule has 1 N–H and O–H groups in total. The summed E-state index contributed by atoms with van der Waals surface area (Å²) >= 11 is 0. The zero-order chi connectivity index (χ0) is 20.8. The second-order valence-electron chi connectivity index (χ2n) is 8.20. The van der Waals surface area contributed by atoms with Crippen LogP contribution in [0.15, 0.2) is 48.5 Å². The molecule has 160 valence electrons. The fourth-order valence-corrected chi connectivity index (χ4v) is 4.50. The summed E-state index contributed by atoms with van der Waals surface area (Å²) in [4.78, 5) is 15.2. The van der Waals surface area contributed by atoms with Gasteiger partial charge in [0.05, 0.1) is 25.8 Å². The number of likely N-dealkylation sites (tertiary alicyclic amines) is 1. The summed E-state index contributed by atoms with van der Waals surface area (Å²) in [5.41, 5.74) is 2.38.